The third-order valence-electron chi connectivity index (χ3n) is 5.37. The maximum Gasteiger partial charge on any atom is 0.110 e. The van der Waals surface area contributed by atoms with Crippen LogP contribution in [0.1, 0.15) is 85.0 Å². The number of rotatable bonds is 5. The molecule has 1 atom stereocenters. The molecule has 26 heavy (non-hydrogen) atoms. The molecular weight excluding hydrogens is 324 g/mol. The fourth-order valence-corrected chi connectivity index (χ4v) is 3.90. The third kappa shape index (κ3) is 4.79. The molecule has 1 aliphatic rings. The highest BCUT2D eigenvalue weighted by atomic mass is 16.7. The first kappa shape index (κ1) is 20.8. The largest absolute Gasteiger partial charge is 0.290 e. The first-order valence-electron chi connectivity index (χ1n) is 9.56. The lowest BCUT2D eigenvalue weighted by Crippen LogP contribution is -2.58. The molecule has 0 saturated carbocycles. The van der Waals surface area contributed by atoms with Crippen LogP contribution in [0.25, 0.3) is 10.4 Å². The Balaban J connectivity index is 2.31. The van der Waals surface area contributed by atoms with E-state index < -0.39 is 0 Å². The minimum atomic E-state index is -0.281. The van der Waals surface area contributed by atoms with Gasteiger partial charge in [-0.3, -0.25) is 4.84 Å². The molecule has 144 valence electrons. The quantitative estimate of drug-likeness (QED) is 0.352. The van der Waals surface area contributed by atoms with Gasteiger partial charge in [-0.05, 0) is 69.0 Å². The number of azide groups is 1. The maximum absolute atomic E-state index is 8.81. The van der Waals surface area contributed by atoms with Crippen molar-refractivity contribution in [1.29, 1.82) is 0 Å². The Labute approximate surface area is 158 Å². The van der Waals surface area contributed by atoms with Crippen LogP contribution in [0.2, 0.25) is 0 Å². The fraction of sp³-hybridized carbons (Fsp3) is 0.714. The van der Waals surface area contributed by atoms with Gasteiger partial charge in [0.2, 0.25) is 0 Å². The molecule has 0 radical (unpaired) electrons. The van der Waals surface area contributed by atoms with Gasteiger partial charge in [-0.2, -0.15) is 5.06 Å². The average Bonchev–Trinajstić information content (AvgIpc) is 2.52. The highest BCUT2D eigenvalue weighted by Crippen LogP contribution is 2.40. The van der Waals surface area contributed by atoms with E-state index in [0.29, 0.717) is 0 Å². The summed E-state index contributed by atoms with van der Waals surface area (Å²) in [6.07, 6.45) is 3.10. The lowest BCUT2D eigenvalue weighted by atomic mass is 9.82. The third-order valence-corrected chi connectivity index (χ3v) is 5.37. The Kier molecular flexibility index (Phi) is 6.06. The molecule has 1 unspecified atom stereocenters. The van der Waals surface area contributed by atoms with Gasteiger partial charge in [0.1, 0.15) is 6.10 Å². The lowest BCUT2D eigenvalue weighted by molar-refractivity contribution is -0.305. The molecule has 0 spiro atoms. The molecule has 0 N–H and O–H groups in total. The summed E-state index contributed by atoms with van der Waals surface area (Å²) >= 11 is 0. The van der Waals surface area contributed by atoms with Crippen molar-refractivity contribution in [2.75, 3.05) is 6.54 Å². The molecule has 1 saturated heterocycles. The summed E-state index contributed by atoms with van der Waals surface area (Å²) in [5.41, 5.74) is 11.1. The Hall–Kier alpha value is -1.55. The van der Waals surface area contributed by atoms with Gasteiger partial charge in [0, 0.05) is 16.0 Å². The summed E-state index contributed by atoms with van der Waals surface area (Å²) in [6.45, 7) is 15.8. The lowest BCUT2D eigenvalue weighted by Gasteiger charge is -2.52. The summed E-state index contributed by atoms with van der Waals surface area (Å²) < 4.78 is 0. The number of piperidine rings is 1. The fourth-order valence-electron chi connectivity index (χ4n) is 3.90. The topological polar surface area (TPSA) is 61.2 Å². The molecule has 0 bridgehead atoms. The molecule has 0 aliphatic carbocycles. The zero-order valence-corrected chi connectivity index (χ0v) is 17.4. The number of nitrogens with zero attached hydrogens (tertiary/aromatic N) is 4. The number of hydrogen-bond acceptors (Lipinski definition) is 3. The van der Waals surface area contributed by atoms with Crippen molar-refractivity contribution in [2.24, 2.45) is 5.11 Å². The van der Waals surface area contributed by atoms with E-state index in [1.54, 1.807) is 0 Å². The van der Waals surface area contributed by atoms with Gasteiger partial charge < -0.3 is 0 Å². The van der Waals surface area contributed by atoms with Gasteiger partial charge in [-0.1, -0.05) is 50.2 Å². The Morgan fingerprint density at radius 1 is 1.12 bits per heavy atom. The van der Waals surface area contributed by atoms with E-state index in [4.69, 9.17) is 10.4 Å². The van der Waals surface area contributed by atoms with Crippen LogP contribution in [0.3, 0.4) is 0 Å². The van der Waals surface area contributed by atoms with E-state index in [2.05, 4.69) is 87.8 Å². The summed E-state index contributed by atoms with van der Waals surface area (Å²) in [6, 6.07) is 8.49. The van der Waals surface area contributed by atoms with Crippen LogP contribution in [0.4, 0.5) is 0 Å². The predicted molar refractivity (Wildman–Crippen MR) is 107 cm³/mol. The van der Waals surface area contributed by atoms with E-state index >= 15 is 0 Å². The molecular formula is C21H34N4O. The van der Waals surface area contributed by atoms with Crippen molar-refractivity contribution in [3.8, 4) is 0 Å². The molecule has 1 aromatic rings. The molecule has 1 aliphatic heterocycles. The predicted octanol–water partition coefficient (Wildman–Crippen LogP) is 6.31. The molecule has 1 aromatic carbocycles. The molecule has 1 heterocycles. The average molecular weight is 359 g/mol. The Morgan fingerprint density at radius 3 is 2.12 bits per heavy atom. The standard InChI is InChI=1S/C21H34N4O/c1-19(2,3)17-11-9-16(10-12-17)18(15-23-24-22)26-25-20(4,5)13-8-14-21(25,6)7/h9-12,18H,8,13-15H2,1-7H3. The van der Waals surface area contributed by atoms with Crippen LogP contribution in [-0.4, -0.2) is 22.7 Å². The van der Waals surface area contributed by atoms with Crippen molar-refractivity contribution in [2.45, 2.75) is 90.3 Å². The molecule has 5 heteroatoms. The van der Waals surface area contributed by atoms with E-state index in [1.165, 1.54) is 12.0 Å². The first-order chi connectivity index (χ1) is 12.0. The second-order valence-corrected chi connectivity index (χ2v) is 9.65. The minimum Gasteiger partial charge on any atom is -0.290 e. The van der Waals surface area contributed by atoms with Gasteiger partial charge in [0.05, 0.1) is 6.54 Å². The molecule has 0 aromatic heterocycles. The van der Waals surface area contributed by atoms with Crippen LogP contribution < -0.4 is 0 Å². The monoisotopic (exact) mass is 358 g/mol. The Morgan fingerprint density at radius 2 is 1.65 bits per heavy atom. The van der Waals surface area contributed by atoms with Gasteiger partial charge in [-0.15, -0.1) is 0 Å². The molecule has 2 rings (SSSR count). The SMILES string of the molecule is CC(C)(C)c1ccc(C(CN=[N+]=[N-])ON2C(C)(C)CCCC2(C)C)cc1. The normalized spacial score (nSPS) is 21.0. The maximum atomic E-state index is 8.81. The van der Waals surface area contributed by atoms with Crippen molar-refractivity contribution < 1.29 is 4.84 Å². The van der Waals surface area contributed by atoms with Crippen LogP contribution >= 0.6 is 0 Å². The second kappa shape index (κ2) is 7.59. The van der Waals surface area contributed by atoms with Gasteiger partial charge in [-0.25, -0.2) is 0 Å². The highest BCUT2D eigenvalue weighted by molar-refractivity contribution is 5.29. The number of hydroxylamine groups is 2. The van der Waals surface area contributed by atoms with Gasteiger partial charge in [0.15, 0.2) is 0 Å². The summed E-state index contributed by atoms with van der Waals surface area (Å²) in [7, 11) is 0. The molecule has 5 nitrogen and oxygen atoms in total. The zero-order chi connectivity index (χ0) is 19.6. The number of hydrogen-bond donors (Lipinski definition) is 0. The van der Waals surface area contributed by atoms with E-state index in [9.17, 15) is 0 Å². The van der Waals surface area contributed by atoms with Crippen LogP contribution in [0.5, 0.6) is 0 Å². The highest BCUT2D eigenvalue weighted by Gasteiger charge is 2.43. The van der Waals surface area contributed by atoms with Crippen LogP contribution in [-0.2, 0) is 10.3 Å². The van der Waals surface area contributed by atoms with Crippen molar-refractivity contribution in [1.82, 2.24) is 5.06 Å². The summed E-state index contributed by atoms with van der Waals surface area (Å²) in [5.74, 6) is 0. The first-order valence-corrected chi connectivity index (χ1v) is 9.56. The Bertz CT molecular complexity index is 636. The van der Waals surface area contributed by atoms with Crippen molar-refractivity contribution in [3.05, 3.63) is 45.8 Å². The second-order valence-electron chi connectivity index (χ2n) is 9.65. The summed E-state index contributed by atoms with van der Waals surface area (Å²) in [4.78, 5) is 9.45. The van der Waals surface area contributed by atoms with E-state index in [1.807, 2.05) is 0 Å². The van der Waals surface area contributed by atoms with Gasteiger partial charge in [0.25, 0.3) is 0 Å². The van der Waals surface area contributed by atoms with Crippen LogP contribution in [0.15, 0.2) is 29.4 Å². The smallest absolute Gasteiger partial charge is 0.110 e. The minimum absolute atomic E-state index is 0.0539. The van der Waals surface area contributed by atoms with E-state index in [-0.39, 0.29) is 29.1 Å². The van der Waals surface area contributed by atoms with Crippen molar-refractivity contribution >= 4 is 0 Å². The van der Waals surface area contributed by atoms with E-state index in [0.717, 1.165) is 18.4 Å². The zero-order valence-electron chi connectivity index (χ0n) is 17.4. The summed E-state index contributed by atoms with van der Waals surface area (Å²) in [5, 5.41) is 5.95. The molecule has 1 fully saturated rings. The number of benzene rings is 1. The van der Waals surface area contributed by atoms with Gasteiger partial charge >= 0.3 is 0 Å². The van der Waals surface area contributed by atoms with Crippen LogP contribution in [0, 0.1) is 0 Å². The molecule has 0 amide bonds. The van der Waals surface area contributed by atoms with Crippen molar-refractivity contribution in [3.63, 3.8) is 0 Å².